The van der Waals surface area contributed by atoms with Gasteiger partial charge >= 0.3 is 0 Å². The van der Waals surface area contributed by atoms with Gasteiger partial charge in [0.15, 0.2) is 16.7 Å². The maximum atomic E-state index is 13.1. The molecule has 4 rings (SSSR count). The zero-order chi connectivity index (χ0) is 23.4. The molecule has 33 heavy (non-hydrogen) atoms. The largest absolute Gasteiger partial charge is 0.493 e. The lowest BCUT2D eigenvalue weighted by molar-refractivity contribution is -0.116. The summed E-state index contributed by atoms with van der Waals surface area (Å²) >= 11 is 1.42. The number of benzene rings is 2. The smallest absolute Gasteiger partial charge is 0.257 e. The molecule has 1 aliphatic heterocycles. The average molecular weight is 462 g/mol. The van der Waals surface area contributed by atoms with E-state index >= 15 is 0 Å². The molecule has 3 aromatic rings. The number of anilines is 1. The molecule has 0 radical (unpaired) electrons. The molecular weight excluding hydrogens is 438 g/mol. The summed E-state index contributed by atoms with van der Waals surface area (Å²) in [6.07, 6.45) is 5.39. The number of methoxy groups -OCH3 is 1. The molecule has 1 aliphatic rings. The molecule has 0 spiro atoms. The third kappa shape index (κ3) is 4.89. The summed E-state index contributed by atoms with van der Waals surface area (Å²) in [5, 5.41) is 3.21. The van der Waals surface area contributed by atoms with Gasteiger partial charge in [-0.1, -0.05) is 48.0 Å². The number of ether oxygens (including phenoxy) is 2. The lowest BCUT2D eigenvalue weighted by Crippen LogP contribution is -2.31. The molecule has 0 saturated heterocycles. The summed E-state index contributed by atoms with van der Waals surface area (Å²) in [6, 6.07) is 13.4. The zero-order valence-electron chi connectivity index (χ0n) is 18.3. The van der Waals surface area contributed by atoms with Crippen molar-refractivity contribution in [3.8, 4) is 23.8 Å². The van der Waals surface area contributed by atoms with Crippen LogP contribution >= 0.6 is 11.8 Å². The van der Waals surface area contributed by atoms with Crippen LogP contribution < -0.4 is 20.3 Å². The van der Waals surface area contributed by atoms with E-state index in [0.717, 1.165) is 11.1 Å². The minimum atomic E-state index is -0.462. The fourth-order valence-electron chi connectivity index (χ4n) is 3.76. The van der Waals surface area contributed by atoms with Gasteiger partial charge in [0, 0.05) is 18.1 Å². The molecular formula is C25H23N3O4S. The van der Waals surface area contributed by atoms with Gasteiger partial charge in [0.25, 0.3) is 5.56 Å². The van der Waals surface area contributed by atoms with Crippen molar-refractivity contribution in [3.63, 3.8) is 0 Å². The van der Waals surface area contributed by atoms with Gasteiger partial charge in [-0.05, 0) is 35.7 Å². The Morgan fingerprint density at radius 2 is 2.03 bits per heavy atom. The van der Waals surface area contributed by atoms with Crippen LogP contribution in [-0.4, -0.2) is 29.6 Å². The van der Waals surface area contributed by atoms with Crippen molar-refractivity contribution in [2.24, 2.45) is 0 Å². The molecule has 0 bridgehead atoms. The maximum Gasteiger partial charge on any atom is 0.257 e. The minimum Gasteiger partial charge on any atom is -0.493 e. The number of nitrogens with one attached hydrogen (secondary N) is 2. The standard InChI is InChI=1S/C25H23N3O4S/c1-4-11-32-19-10-9-16(12-20(19)31-3)18-13-21(29)26-23-22(18)24(30)28-25(27-23)33-14-17-8-6-5-7-15(17)2/h1,5-10,12,18H,11,13-14H2,2-3H3,(H2,26,27,28,29,30). The van der Waals surface area contributed by atoms with Gasteiger partial charge in [0.2, 0.25) is 5.91 Å². The van der Waals surface area contributed by atoms with Gasteiger partial charge in [-0.3, -0.25) is 9.59 Å². The quantitative estimate of drug-likeness (QED) is 0.315. The number of aromatic nitrogens is 2. The fourth-order valence-corrected chi connectivity index (χ4v) is 4.70. The fraction of sp³-hybridized carbons (Fsp3) is 0.240. The maximum absolute atomic E-state index is 13.1. The van der Waals surface area contributed by atoms with Crippen LogP contribution in [0.4, 0.5) is 5.82 Å². The van der Waals surface area contributed by atoms with Crippen LogP contribution in [0.2, 0.25) is 0 Å². The van der Waals surface area contributed by atoms with Crippen LogP contribution in [0.5, 0.6) is 11.5 Å². The molecule has 168 valence electrons. The number of terminal acetylenes is 1. The molecule has 0 saturated carbocycles. The second kappa shape index (κ2) is 9.84. The highest BCUT2D eigenvalue weighted by Gasteiger charge is 2.31. The summed E-state index contributed by atoms with van der Waals surface area (Å²) in [6.45, 7) is 2.15. The molecule has 1 amide bonds. The van der Waals surface area contributed by atoms with Crippen LogP contribution in [-0.2, 0) is 10.5 Å². The third-order valence-corrected chi connectivity index (χ3v) is 6.38. The molecule has 2 N–H and O–H groups in total. The van der Waals surface area contributed by atoms with E-state index in [-0.39, 0.29) is 24.5 Å². The number of aromatic amines is 1. The van der Waals surface area contributed by atoms with Gasteiger partial charge in [-0.2, -0.15) is 0 Å². The predicted octanol–water partition coefficient (Wildman–Crippen LogP) is 3.87. The van der Waals surface area contributed by atoms with Gasteiger partial charge < -0.3 is 19.8 Å². The molecule has 2 aromatic carbocycles. The Hall–Kier alpha value is -3.70. The number of fused-ring (bicyclic) bond motifs is 1. The van der Waals surface area contributed by atoms with E-state index < -0.39 is 5.92 Å². The normalized spacial score (nSPS) is 14.7. The minimum absolute atomic E-state index is 0.108. The number of amides is 1. The van der Waals surface area contributed by atoms with E-state index in [1.807, 2.05) is 37.3 Å². The summed E-state index contributed by atoms with van der Waals surface area (Å²) in [4.78, 5) is 33.0. The highest BCUT2D eigenvalue weighted by Crippen LogP contribution is 2.38. The highest BCUT2D eigenvalue weighted by atomic mass is 32.2. The van der Waals surface area contributed by atoms with E-state index in [0.29, 0.717) is 33.8 Å². The van der Waals surface area contributed by atoms with Crippen molar-refractivity contribution < 1.29 is 14.3 Å². The number of carbonyl (C=O) groups is 1. The number of hydrogen-bond acceptors (Lipinski definition) is 6. The number of aryl methyl sites for hydroxylation is 1. The number of nitrogens with zero attached hydrogens (tertiary/aromatic N) is 1. The Labute approximate surface area is 195 Å². The second-order valence-corrected chi connectivity index (χ2v) is 8.52. The summed E-state index contributed by atoms with van der Waals surface area (Å²) in [5.41, 5.74) is 3.23. The molecule has 1 atom stereocenters. The lowest BCUT2D eigenvalue weighted by atomic mass is 9.86. The van der Waals surface area contributed by atoms with E-state index in [1.54, 1.807) is 12.1 Å². The number of hydrogen-bond donors (Lipinski definition) is 2. The van der Waals surface area contributed by atoms with Crippen LogP contribution in [0.15, 0.2) is 52.4 Å². The number of H-pyrrole nitrogens is 1. The van der Waals surface area contributed by atoms with Crippen molar-refractivity contribution in [2.75, 3.05) is 19.0 Å². The molecule has 0 fully saturated rings. The SMILES string of the molecule is C#CCOc1ccc(C2CC(=O)Nc3nc(SCc4ccccc4C)[nH]c(=O)c32)cc1OC. The average Bonchev–Trinajstić information content (AvgIpc) is 2.81. The van der Waals surface area contributed by atoms with Crippen LogP contribution in [0, 0.1) is 19.3 Å². The van der Waals surface area contributed by atoms with Crippen LogP contribution in [0.1, 0.15) is 34.6 Å². The first-order chi connectivity index (χ1) is 16.0. The number of thioether (sulfide) groups is 1. The van der Waals surface area contributed by atoms with E-state index in [9.17, 15) is 9.59 Å². The Kier molecular flexibility index (Phi) is 6.71. The molecule has 1 aromatic heterocycles. The molecule has 8 heteroatoms. The van der Waals surface area contributed by atoms with Gasteiger partial charge in [0.05, 0.1) is 12.7 Å². The topological polar surface area (TPSA) is 93.3 Å². The molecule has 0 aliphatic carbocycles. The summed E-state index contributed by atoms with van der Waals surface area (Å²) in [7, 11) is 1.52. The second-order valence-electron chi connectivity index (χ2n) is 7.56. The van der Waals surface area contributed by atoms with Gasteiger partial charge in [-0.25, -0.2) is 4.98 Å². The Balaban J connectivity index is 1.65. The number of rotatable bonds is 7. The first-order valence-corrected chi connectivity index (χ1v) is 11.3. The van der Waals surface area contributed by atoms with E-state index in [1.165, 1.54) is 24.4 Å². The summed E-state index contributed by atoms with van der Waals surface area (Å²) < 4.78 is 10.9. The van der Waals surface area contributed by atoms with E-state index in [2.05, 4.69) is 21.2 Å². The van der Waals surface area contributed by atoms with E-state index in [4.69, 9.17) is 15.9 Å². The van der Waals surface area contributed by atoms with Crippen molar-refractivity contribution in [1.82, 2.24) is 9.97 Å². The molecule has 2 heterocycles. The Morgan fingerprint density at radius 3 is 2.79 bits per heavy atom. The van der Waals surface area contributed by atoms with Crippen molar-refractivity contribution in [1.29, 1.82) is 0 Å². The molecule has 1 unspecified atom stereocenters. The van der Waals surface area contributed by atoms with Crippen molar-refractivity contribution >= 4 is 23.5 Å². The summed E-state index contributed by atoms with van der Waals surface area (Å²) in [5.74, 6) is 3.67. The van der Waals surface area contributed by atoms with Gasteiger partial charge in [-0.15, -0.1) is 6.42 Å². The highest BCUT2D eigenvalue weighted by molar-refractivity contribution is 7.98. The first-order valence-electron chi connectivity index (χ1n) is 10.4. The van der Waals surface area contributed by atoms with Crippen molar-refractivity contribution in [3.05, 3.63) is 75.1 Å². The number of carbonyl (C=O) groups excluding carboxylic acids is 1. The Morgan fingerprint density at radius 1 is 1.21 bits per heavy atom. The Bertz CT molecular complexity index is 1300. The van der Waals surface area contributed by atoms with Crippen LogP contribution in [0.3, 0.4) is 0 Å². The predicted molar refractivity (Wildman–Crippen MR) is 128 cm³/mol. The zero-order valence-corrected chi connectivity index (χ0v) is 19.1. The molecule has 7 nitrogen and oxygen atoms in total. The van der Waals surface area contributed by atoms with Gasteiger partial charge in [0.1, 0.15) is 12.4 Å². The van der Waals surface area contributed by atoms with Crippen molar-refractivity contribution in [2.45, 2.75) is 30.2 Å². The first kappa shape index (κ1) is 22.5. The third-order valence-electron chi connectivity index (χ3n) is 5.46. The lowest BCUT2D eigenvalue weighted by Gasteiger charge is -2.25. The van der Waals surface area contributed by atoms with Crippen LogP contribution in [0.25, 0.3) is 0 Å². The monoisotopic (exact) mass is 461 g/mol.